The quantitative estimate of drug-likeness (QED) is 0.273. The van der Waals surface area contributed by atoms with Crippen LogP contribution < -0.4 is 9.92 Å². The first-order valence-corrected chi connectivity index (χ1v) is 9.90. The minimum atomic E-state index is -5.86. The molecular formula is C21H14F3NO3S. The molecule has 0 atom stereocenters. The Balaban J connectivity index is 2.10. The highest BCUT2D eigenvalue weighted by atomic mass is 32.2. The van der Waals surface area contributed by atoms with Crippen molar-refractivity contribution in [3.8, 4) is 16.9 Å². The molecule has 0 saturated heterocycles. The third kappa shape index (κ3) is 3.25. The first-order valence-electron chi connectivity index (χ1n) is 8.49. The lowest BCUT2D eigenvalue weighted by Crippen LogP contribution is -2.28. The van der Waals surface area contributed by atoms with Gasteiger partial charge in [-0.1, -0.05) is 60.7 Å². The summed E-state index contributed by atoms with van der Waals surface area (Å²) in [6.45, 7) is 0. The van der Waals surface area contributed by atoms with Gasteiger partial charge in [-0.25, -0.2) is 0 Å². The zero-order valence-corrected chi connectivity index (χ0v) is 15.6. The van der Waals surface area contributed by atoms with Gasteiger partial charge in [0, 0.05) is 16.8 Å². The zero-order chi connectivity index (χ0) is 20.8. The molecular weight excluding hydrogens is 403 g/mol. The number of nitrogens with two attached hydrogens (primary N) is 1. The maximum absolute atomic E-state index is 13.0. The van der Waals surface area contributed by atoms with Crippen molar-refractivity contribution in [1.82, 2.24) is 0 Å². The summed E-state index contributed by atoms with van der Waals surface area (Å²) in [5.41, 5.74) is 1.53. The molecule has 29 heavy (non-hydrogen) atoms. The highest BCUT2D eigenvalue weighted by Gasteiger charge is 2.49. The summed E-state index contributed by atoms with van der Waals surface area (Å²) in [5.74, 6) is -0.441. The Morgan fingerprint density at radius 2 is 1.24 bits per heavy atom. The third-order valence-corrected chi connectivity index (χ3v) is 5.55. The van der Waals surface area contributed by atoms with Gasteiger partial charge in [0.15, 0.2) is 5.75 Å². The van der Waals surface area contributed by atoms with Gasteiger partial charge < -0.3 is 9.92 Å². The van der Waals surface area contributed by atoms with Crippen molar-refractivity contribution < 1.29 is 25.8 Å². The van der Waals surface area contributed by atoms with Gasteiger partial charge in [-0.2, -0.15) is 21.6 Å². The molecule has 4 rings (SSSR count). The minimum Gasteiger partial charge on any atom is -0.398 e. The Morgan fingerprint density at radius 1 is 0.724 bits per heavy atom. The molecule has 0 heterocycles. The van der Waals surface area contributed by atoms with E-state index >= 15 is 0 Å². The van der Waals surface area contributed by atoms with E-state index in [9.17, 15) is 21.6 Å². The molecule has 2 N–H and O–H groups in total. The Labute approximate surface area is 164 Å². The highest BCUT2D eigenvalue weighted by Crippen LogP contribution is 2.44. The molecule has 0 spiro atoms. The summed E-state index contributed by atoms with van der Waals surface area (Å²) >= 11 is 0. The fourth-order valence-electron chi connectivity index (χ4n) is 3.31. The van der Waals surface area contributed by atoms with Crippen LogP contribution in [0.3, 0.4) is 0 Å². The summed E-state index contributed by atoms with van der Waals surface area (Å²) < 4.78 is 66.9. The van der Waals surface area contributed by atoms with Gasteiger partial charge in [-0.15, -0.1) is 0 Å². The van der Waals surface area contributed by atoms with E-state index in [-0.39, 0.29) is 11.3 Å². The smallest absolute Gasteiger partial charge is 0.398 e. The lowest BCUT2D eigenvalue weighted by atomic mass is 9.92. The average molecular weight is 417 g/mol. The molecule has 4 aromatic rings. The van der Waals surface area contributed by atoms with E-state index in [0.717, 1.165) is 5.39 Å². The number of hydrogen-bond donors (Lipinski definition) is 1. The van der Waals surface area contributed by atoms with Crippen LogP contribution in [0.1, 0.15) is 0 Å². The maximum Gasteiger partial charge on any atom is 0.534 e. The molecule has 0 aliphatic rings. The molecule has 0 bridgehead atoms. The van der Waals surface area contributed by atoms with Crippen molar-refractivity contribution in [3.63, 3.8) is 0 Å². The van der Waals surface area contributed by atoms with Gasteiger partial charge in [0.2, 0.25) is 0 Å². The van der Waals surface area contributed by atoms with Gasteiger partial charge >= 0.3 is 15.6 Å². The van der Waals surface area contributed by atoms with Crippen LogP contribution in [0.5, 0.6) is 5.75 Å². The van der Waals surface area contributed by atoms with Gasteiger partial charge in [-0.05, 0) is 33.7 Å². The fraction of sp³-hybridized carbons (Fsp3) is 0.0476. The average Bonchev–Trinajstić information content (AvgIpc) is 2.67. The summed E-state index contributed by atoms with van der Waals surface area (Å²) in [7, 11) is -5.86. The normalized spacial score (nSPS) is 12.4. The maximum atomic E-state index is 13.0. The van der Waals surface area contributed by atoms with Crippen molar-refractivity contribution in [1.29, 1.82) is 0 Å². The number of fused-ring (bicyclic) bond motifs is 2. The molecule has 0 fully saturated rings. The molecule has 0 aromatic heterocycles. The lowest BCUT2D eigenvalue weighted by Gasteiger charge is -2.18. The van der Waals surface area contributed by atoms with E-state index in [1.165, 1.54) is 12.1 Å². The van der Waals surface area contributed by atoms with Gasteiger partial charge in [0.1, 0.15) is 0 Å². The third-order valence-electron chi connectivity index (χ3n) is 4.59. The number of nitrogen functional groups attached to an aromatic ring is 1. The first kappa shape index (κ1) is 19.1. The molecule has 0 amide bonds. The van der Waals surface area contributed by atoms with Crippen LogP contribution in [0, 0.1) is 0 Å². The number of alkyl halides is 3. The van der Waals surface area contributed by atoms with Crippen LogP contribution in [0.4, 0.5) is 18.9 Å². The van der Waals surface area contributed by atoms with Crippen LogP contribution in [-0.4, -0.2) is 13.9 Å². The van der Waals surface area contributed by atoms with Crippen molar-refractivity contribution >= 4 is 37.4 Å². The Hall–Kier alpha value is -3.26. The highest BCUT2D eigenvalue weighted by molar-refractivity contribution is 7.88. The fourth-order valence-corrected chi connectivity index (χ4v) is 3.78. The number of benzene rings is 4. The largest absolute Gasteiger partial charge is 0.534 e. The van der Waals surface area contributed by atoms with Crippen LogP contribution in [0.25, 0.3) is 32.7 Å². The second-order valence-corrected chi connectivity index (χ2v) is 7.93. The van der Waals surface area contributed by atoms with Crippen molar-refractivity contribution in [2.45, 2.75) is 5.51 Å². The number of rotatable bonds is 3. The number of halogens is 3. The van der Waals surface area contributed by atoms with E-state index in [0.29, 0.717) is 21.7 Å². The Morgan fingerprint density at radius 3 is 1.83 bits per heavy atom. The van der Waals surface area contributed by atoms with E-state index < -0.39 is 21.4 Å². The van der Waals surface area contributed by atoms with Gasteiger partial charge in [0.25, 0.3) is 0 Å². The SMILES string of the molecule is Nc1ccc2ccccc2c1-c1c(OS(=O)(=O)C(F)(F)F)ccc2ccccc12. The van der Waals surface area contributed by atoms with Crippen molar-refractivity contribution in [2.24, 2.45) is 0 Å². The first-order chi connectivity index (χ1) is 13.7. The van der Waals surface area contributed by atoms with Crippen LogP contribution in [0.15, 0.2) is 72.8 Å². The zero-order valence-electron chi connectivity index (χ0n) is 14.8. The van der Waals surface area contributed by atoms with E-state index in [1.54, 1.807) is 48.5 Å². The lowest BCUT2D eigenvalue weighted by molar-refractivity contribution is -0.0499. The molecule has 148 valence electrons. The van der Waals surface area contributed by atoms with Gasteiger partial charge in [-0.3, -0.25) is 0 Å². The summed E-state index contributed by atoms with van der Waals surface area (Å²) in [6, 6.07) is 20.2. The predicted octanol–water partition coefficient (Wildman–Crippen LogP) is 5.47. The standard InChI is InChI=1S/C21H14F3NO3S/c22-21(23,24)29(26,27)28-18-12-10-14-6-2-4-8-16(14)20(18)19-15-7-3-1-5-13(15)9-11-17(19)25/h1-12H,25H2. The van der Waals surface area contributed by atoms with Crippen LogP contribution >= 0.6 is 0 Å². The molecule has 0 aliphatic carbocycles. The predicted molar refractivity (Wildman–Crippen MR) is 107 cm³/mol. The minimum absolute atomic E-state index is 0.185. The number of anilines is 1. The summed E-state index contributed by atoms with van der Waals surface area (Å²) in [6.07, 6.45) is 0. The van der Waals surface area contributed by atoms with Crippen LogP contribution in [0.2, 0.25) is 0 Å². The van der Waals surface area contributed by atoms with Gasteiger partial charge in [0.05, 0.1) is 0 Å². The number of hydrogen-bond acceptors (Lipinski definition) is 4. The Kier molecular flexibility index (Phi) is 4.38. The summed E-state index contributed by atoms with van der Waals surface area (Å²) in [4.78, 5) is 0. The molecule has 0 radical (unpaired) electrons. The summed E-state index contributed by atoms with van der Waals surface area (Å²) in [5, 5.41) is 2.68. The van der Waals surface area contributed by atoms with E-state index in [1.807, 2.05) is 12.1 Å². The van der Waals surface area contributed by atoms with Crippen molar-refractivity contribution in [3.05, 3.63) is 72.8 Å². The van der Waals surface area contributed by atoms with E-state index in [2.05, 4.69) is 4.18 Å². The molecule has 0 saturated carbocycles. The molecule has 0 aliphatic heterocycles. The second kappa shape index (κ2) is 6.66. The molecule has 4 nitrogen and oxygen atoms in total. The monoisotopic (exact) mass is 417 g/mol. The molecule has 8 heteroatoms. The Bertz CT molecular complexity index is 1350. The molecule has 4 aromatic carbocycles. The topological polar surface area (TPSA) is 69.4 Å². The van der Waals surface area contributed by atoms with Crippen molar-refractivity contribution in [2.75, 3.05) is 5.73 Å². The molecule has 0 unspecified atom stereocenters. The second-order valence-electron chi connectivity index (χ2n) is 6.39. The van der Waals surface area contributed by atoms with Crippen LogP contribution in [-0.2, 0) is 10.1 Å². The van der Waals surface area contributed by atoms with E-state index in [4.69, 9.17) is 5.73 Å².